The molecule has 0 aliphatic carbocycles. The van der Waals surface area contributed by atoms with Gasteiger partial charge in [-0.05, 0) is 23.8 Å². The van der Waals surface area contributed by atoms with Gasteiger partial charge >= 0.3 is 0 Å². The van der Waals surface area contributed by atoms with Gasteiger partial charge in [0.2, 0.25) is 0 Å². The van der Waals surface area contributed by atoms with Crippen molar-refractivity contribution in [3.8, 4) is 5.75 Å². The normalized spacial score (nSPS) is 10.0. The molecule has 2 rings (SSSR count). The molecule has 0 aliphatic heterocycles. The van der Waals surface area contributed by atoms with E-state index in [2.05, 4.69) is 21.2 Å². The van der Waals surface area contributed by atoms with E-state index in [-0.39, 0.29) is 19.0 Å². The van der Waals surface area contributed by atoms with Crippen LogP contribution in [0, 0.1) is 0 Å². The number of rotatable bonds is 7. The SMILES string of the molecule is Cl.OCCNCc1cc(Br)ccc1OCc1ccccc1. The van der Waals surface area contributed by atoms with E-state index in [9.17, 15) is 0 Å². The molecule has 0 spiro atoms. The van der Waals surface area contributed by atoms with Crippen molar-refractivity contribution in [2.75, 3.05) is 13.2 Å². The molecule has 21 heavy (non-hydrogen) atoms. The number of ether oxygens (including phenoxy) is 1. The lowest BCUT2D eigenvalue weighted by Crippen LogP contribution is -2.18. The summed E-state index contributed by atoms with van der Waals surface area (Å²) in [4.78, 5) is 0. The van der Waals surface area contributed by atoms with Crippen LogP contribution in [0.3, 0.4) is 0 Å². The largest absolute Gasteiger partial charge is 0.489 e. The molecule has 0 atom stereocenters. The zero-order chi connectivity index (χ0) is 14.2. The van der Waals surface area contributed by atoms with E-state index in [0.29, 0.717) is 19.7 Å². The first-order valence-corrected chi connectivity index (χ1v) is 7.35. The summed E-state index contributed by atoms with van der Waals surface area (Å²) in [6, 6.07) is 16.1. The smallest absolute Gasteiger partial charge is 0.124 e. The quantitative estimate of drug-likeness (QED) is 0.731. The molecular formula is C16H19BrClNO2. The first-order chi connectivity index (χ1) is 9.79. The highest BCUT2D eigenvalue weighted by Gasteiger charge is 2.05. The minimum absolute atomic E-state index is 0. The zero-order valence-corrected chi connectivity index (χ0v) is 14.0. The molecular weight excluding hydrogens is 354 g/mol. The van der Waals surface area contributed by atoms with Gasteiger partial charge in [-0.1, -0.05) is 46.3 Å². The third-order valence-electron chi connectivity index (χ3n) is 2.86. The van der Waals surface area contributed by atoms with Gasteiger partial charge in [-0.15, -0.1) is 12.4 Å². The highest BCUT2D eigenvalue weighted by Crippen LogP contribution is 2.24. The number of aliphatic hydroxyl groups excluding tert-OH is 1. The lowest BCUT2D eigenvalue weighted by Gasteiger charge is -2.12. The Morgan fingerprint density at radius 2 is 1.86 bits per heavy atom. The molecule has 0 saturated heterocycles. The molecule has 0 saturated carbocycles. The molecule has 0 unspecified atom stereocenters. The second-order valence-corrected chi connectivity index (χ2v) is 5.34. The number of hydrogen-bond donors (Lipinski definition) is 2. The zero-order valence-electron chi connectivity index (χ0n) is 11.6. The van der Waals surface area contributed by atoms with Gasteiger partial charge in [0.15, 0.2) is 0 Å². The molecule has 2 N–H and O–H groups in total. The van der Waals surface area contributed by atoms with E-state index in [1.54, 1.807) is 0 Å². The summed E-state index contributed by atoms with van der Waals surface area (Å²) in [5.41, 5.74) is 2.22. The molecule has 5 heteroatoms. The van der Waals surface area contributed by atoms with Crippen molar-refractivity contribution in [2.24, 2.45) is 0 Å². The molecule has 0 aromatic heterocycles. The molecule has 0 fully saturated rings. The second-order valence-electron chi connectivity index (χ2n) is 4.43. The highest BCUT2D eigenvalue weighted by molar-refractivity contribution is 9.10. The predicted molar refractivity (Wildman–Crippen MR) is 91.0 cm³/mol. The average Bonchev–Trinajstić information content (AvgIpc) is 2.48. The van der Waals surface area contributed by atoms with E-state index < -0.39 is 0 Å². The second kappa shape index (κ2) is 9.79. The Morgan fingerprint density at radius 1 is 1.10 bits per heavy atom. The first-order valence-electron chi connectivity index (χ1n) is 6.56. The van der Waals surface area contributed by atoms with Crippen molar-refractivity contribution >= 4 is 28.3 Å². The van der Waals surface area contributed by atoms with Gasteiger partial charge in [-0.3, -0.25) is 0 Å². The topological polar surface area (TPSA) is 41.5 Å². The summed E-state index contributed by atoms with van der Waals surface area (Å²) in [7, 11) is 0. The van der Waals surface area contributed by atoms with Crippen LogP contribution in [0.25, 0.3) is 0 Å². The molecule has 2 aromatic rings. The molecule has 0 heterocycles. The van der Waals surface area contributed by atoms with Crippen LogP contribution in [0.1, 0.15) is 11.1 Å². The third-order valence-corrected chi connectivity index (χ3v) is 3.36. The van der Waals surface area contributed by atoms with Crippen molar-refractivity contribution in [2.45, 2.75) is 13.2 Å². The van der Waals surface area contributed by atoms with Crippen LogP contribution >= 0.6 is 28.3 Å². The van der Waals surface area contributed by atoms with Gasteiger partial charge in [0, 0.05) is 23.1 Å². The van der Waals surface area contributed by atoms with E-state index in [0.717, 1.165) is 21.3 Å². The monoisotopic (exact) mass is 371 g/mol. The summed E-state index contributed by atoms with van der Waals surface area (Å²) < 4.78 is 6.90. The van der Waals surface area contributed by atoms with E-state index in [4.69, 9.17) is 9.84 Å². The fourth-order valence-corrected chi connectivity index (χ4v) is 2.27. The van der Waals surface area contributed by atoms with Crippen LogP contribution in [-0.4, -0.2) is 18.3 Å². The van der Waals surface area contributed by atoms with Gasteiger partial charge in [0.25, 0.3) is 0 Å². The Bertz CT molecular complexity index is 537. The van der Waals surface area contributed by atoms with Gasteiger partial charge in [0.05, 0.1) is 6.61 Å². The van der Waals surface area contributed by atoms with Gasteiger partial charge in [-0.2, -0.15) is 0 Å². The van der Waals surface area contributed by atoms with Crippen LogP contribution in [-0.2, 0) is 13.2 Å². The van der Waals surface area contributed by atoms with Crippen molar-refractivity contribution in [1.29, 1.82) is 0 Å². The summed E-state index contributed by atoms with van der Waals surface area (Å²) in [6.07, 6.45) is 0. The third kappa shape index (κ3) is 6.06. The van der Waals surface area contributed by atoms with Crippen molar-refractivity contribution < 1.29 is 9.84 Å². The average molecular weight is 373 g/mol. The summed E-state index contributed by atoms with van der Waals surface area (Å²) in [6.45, 7) is 1.93. The Morgan fingerprint density at radius 3 is 2.57 bits per heavy atom. The number of benzene rings is 2. The standard InChI is InChI=1S/C16H18BrNO2.ClH/c17-15-6-7-16(14(10-15)11-18-8-9-19)20-12-13-4-2-1-3-5-13;/h1-7,10,18-19H,8-9,11-12H2;1H. The van der Waals surface area contributed by atoms with Crippen LogP contribution in [0.4, 0.5) is 0 Å². The Labute approximate surface area is 139 Å². The minimum atomic E-state index is 0. The van der Waals surface area contributed by atoms with Crippen LogP contribution in [0.15, 0.2) is 53.0 Å². The molecule has 0 radical (unpaired) electrons. The highest BCUT2D eigenvalue weighted by atomic mass is 79.9. The fraction of sp³-hybridized carbons (Fsp3) is 0.250. The van der Waals surface area contributed by atoms with Crippen LogP contribution in [0.5, 0.6) is 5.75 Å². The number of nitrogens with one attached hydrogen (secondary N) is 1. The fourth-order valence-electron chi connectivity index (χ4n) is 1.86. The Kier molecular flexibility index (Phi) is 8.38. The van der Waals surface area contributed by atoms with Gasteiger partial charge < -0.3 is 15.2 Å². The summed E-state index contributed by atoms with van der Waals surface area (Å²) in [5.74, 6) is 0.863. The Hall–Kier alpha value is -1.07. The molecule has 114 valence electrons. The van der Waals surface area contributed by atoms with E-state index in [1.165, 1.54) is 0 Å². The van der Waals surface area contributed by atoms with E-state index in [1.807, 2.05) is 48.5 Å². The Balaban J connectivity index is 0.00000220. The first kappa shape index (κ1) is 18.0. The number of aliphatic hydroxyl groups is 1. The lowest BCUT2D eigenvalue weighted by atomic mass is 10.2. The summed E-state index contributed by atoms with van der Waals surface area (Å²) in [5, 5.41) is 12.0. The lowest BCUT2D eigenvalue weighted by molar-refractivity contribution is 0.288. The number of hydrogen-bond acceptors (Lipinski definition) is 3. The maximum absolute atomic E-state index is 8.82. The van der Waals surface area contributed by atoms with Gasteiger partial charge in [-0.25, -0.2) is 0 Å². The van der Waals surface area contributed by atoms with Crippen LogP contribution in [0.2, 0.25) is 0 Å². The molecule has 0 amide bonds. The molecule has 0 bridgehead atoms. The van der Waals surface area contributed by atoms with Crippen LogP contribution < -0.4 is 10.1 Å². The minimum Gasteiger partial charge on any atom is -0.489 e. The van der Waals surface area contributed by atoms with Gasteiger partial charge in [0.1, 0.15) is 12.4 Å². The summed E-state index contributed by atoms with van der Waals surface area (Å²) >= 11 is 3.47. The molecule has 0 aliphatic rings. The molecule has 3 nitrogen and oxygen atoms in total. The maximum Gasteiger partial charge on any atom is 0.124 e. The molecule has 2 aromatic carbocycles. The van der Waals surface area contributed by atoms with E-state index >= 15 is 0 Å². The van der Waals surface area contributed by atoms with Crippen molar-refractivity contribution in [3.63, 3.8) is 0 Å². The van der Waals surface area contributed by atoms with Crippen molar-refractivity contribution in [1.82, 2.24) is 5.32 Å². The number of halogens is 2. The van der Waals surface area contributed by atoms with Crippen molar-refractivity contribution in [3.05, 3.63) is 64.1 Å². The maximum atomic E-state index is 8.82. The predicted octanol–water partition coefficient (Wildman–Crippen LogP) is 3.53.